The molecular formula is C16H26N2. The first-order valence-corrected chi connectivity index (χ1v) is 7.15. The maximum absolute atomic E-state index is 5.90. The van der Waals surface area contributed by atoms with Crippen molar-refractivity contribution >= 4 is 0 Å². The lowest BCUT2D eigenvalue weighted by molar-refractivity contribution is 0.188. The van der Waals surface area contributed by atoms with E-state index < -0.39 is 0 Å². The van der Waals surface area contributed by atoms with Gasteiger partial charge in [0.2, 0.25) is 0 Å². The zero-order chi connectivity index (χ0) is 13.2. The Hall–Kier alpha value is -0.860. The normalized spacial score (nSPS) is 20.0. The first-order valence-electron chi connectivity index (χ1n) is 7.15. The molecule has 100 valence electrons. The SMILES string of the molecule is CCC1(C(NN)c2cc(C)cc(C)c2)CCCC1. The van der Waals surface area contributed by atoms with Crippen molar-refractivity contribution in [3.63, 3.8) is 0 Å². The molecule has 0 radical (unpaired) electrons. The minimum atomic E-state index is 0.295. The molecule has 1 fully saturated rings. The van der Waals surface area contributed by atoms with Crippen molar-refractivity contribution in [3.8, 4) is 0 Å². The van der Waals surface area contributed by atoms with Gasteiger partial charge < -0.3 is 0 Å². The van der Waals surface area contributed by atoms with Crippen LogP contribution in [0.15, 0.2) is 18.2 Å². The second kappa shape index (κ2) is 5.41. The Bertz CT molecular complexity index is 385. The zero-order valence-corrected chi connectivity index (χ0v) is 11.9. The number of nitrogens with two attached hydrogens (primary N) is 1. The first kappa shape index (κ1) is 13.6. The molecule has 0 bridgehead atoms. The van der Waals surface area contributed by atoms with Crippen molar-refractivity contribution in [2.24, 2.45) is 11.3 Å². The number of nitrogens with one attached hydrogen (secondary N) is 1. The summed E-state index contributed by atoms with van der Waals surface area (Å²) in [4.78, 5) is 0. The van der Waals surface area contributed by atoms with Crippen LogP contribution >= 0.6 is 0 Å². The summed E-state index contributed by atoms with van der Waals surface area (Å²) in [5.74, 6) is 5.90. The molecule has 1 aromatic rings. The van der Waals surface area contributed by atoms with Gasteiger partial charge >= 0.3 is 0 Å². The number of hydrazine groups is 1. The maximum Gasteiger partial charge on any atom is 0.0516 e. The Labute approximate surface area is 111 Å². The Morgan fingerprint density at radius 2 is 1.72 bits per heavy atom. The van der Waals surface area contributed by atoms with Gasteiger partial charge in [-0.3, -0.25) is 11.3 Å². The maximum atomic E-state index is 5.90. The Morgan fingerprint density at radius 1 is 1.17 bits per heavy atom. The summed E-state index contributed by atoms with van der Waals surface area (Å²) in [6.45, 7) is 6.63. The number of rotatable bonds is 4. The highest BCUT2D eigenvalue weighted by Crippen LogP contribution is 2.49. The van der Waals surface area contributed by atoms with Crippen LogP contribution in [0.3, 0.4) is 0 Å². The molecule has 0 aliphatic heterocycles. The molecular weight excluding hydrogens is 220 g/mol. The third kappa shape index (κ3) is 2.45. The molecule has 1 aliphatic rings. The minimum absolute atomic E-state index is 0.295. The largest absolute Gasteiger partial charge is 0.271 e. The lowest BCUT2D eigenvalue weighted by atomic mass is 9.73. The van der Waals surface area contributed by atoms with Gasteiger partial charge in [0, 0.05) is 0 Å². The lowest BCUT2D eigenvalue weighted by Gasteiger charge is -2.37. The molecule has 18 heavy (non-hydrogen) atoms. The lowest BCUT2D eigenvalue weighted by Crippen LogP contribution is -2.40. The zero-order valence-electron chi connectivity index (χ0n) is 11.9. The minimum Gasteiger partial charge on any atom is -0.271 e. The predicted molar refractivity (Wildman–Crippen MR) is 77.2 cm³/mol. The summed E-state index contributed by atoms with van der Waals surface area (Å²) in [6.07, 6.45) is 6.49. The van der Waals surface area contributed by atoms with Gasteiger partial charge in [0.1, 0.15) is 0 Å². The fourth-order valence-corrected chi connectivity index (χ4v) is 3.73. The molecule has 0 spiro atoms. The summed E-state index contributed by atoms with van der Waals surface area (Å²) < 4.78 is 0. The highest BCUT2D eigenvalue weighted by molar-refractivity contribution is 5.32. The van der Waals surface area contributed by atoms with E-state index in [0.29, 0.717) is 11.5 Å². The van der Waals surface area contributed by atoms with Crippen molar-refractivity contribution in [3.05, 3.63) is 34.9 Å². The molecule has 1 saturated carbocycles. The summed E-state index contributed by atoms with van der Waals surface area (Å²) in [5, 5.41) is 0. The molecule has 1 unspecified atom stereocenters. The summed E-state index contributed by atoms with van der Waals surface area (Å²) in [5.41, 5.74) is 7.48. The Kier molecular flexibility index (Phi) is 4.08. The fourth-order valence-electron chi connectivity index (χ4n) is 3.73. The van der Waals surface area contributed by atoms with Crippen LogP contribution in [0.2, 0.25) is 0 Å². The fraction of sp³-hybridized carbons (Fsp3) is 0.625. The molecule has 0 heterocycles. The van der Waals surface area contributed by atoms with E-state index in [1.807, 2.05) is 0 Å². The highest BCUT2D eigenvalue weighted by atomic mass is 15.2. The molecule has 2 heteroatoms. The molecule has 1 aliphatic carbocycles. The molecule has 3 N–H and O–H groups in total. The van der Waals surface area contributed by atoms with Crippen molar-refractivity contribution in [1.29, 1.82) is 0 Å². The van der Waals surface area contributed by atoms with E-state index in [9.17, 15) is 0 Å². The van der Waals surface area contributed by atoms with Crippen LogP contribution in [-0.2, 0) is 0 Å². The standard InChI is InChI=1S/C16H26N2/c1-4-16(7-5-6-8-16)15(18-17)14-10-12(2)9-13(3)11-14/h9-11,15,18H,4-8,17H2,1-3H3. The molecule has 2 nitrogen and oxygen atoms in total. The van der Waals surface area contributed by atoms with Gasteiger partial charge in [-0.1, -0.05) is 49.1 Å². The Morgan fingerprint density at radius 3 is 2.17 bits per heavy atom. The van der Waals surface area contributed by atoms with E-state index in [4.69, 9.17) is 5.84 Å². The van der Waals surface area contributed by atoms with Gasteiger partial charge in [0.15, 0.2) is 0 Å². The van der Waals surface area contributed by atoms with Crippen molar-refractivity contribution in [2.45, 2.75) is 58.9 Å². The van der Waals surface area contributed by atoms with Crippen molar-refractivity contribution in [1.82, 2.24) is 5.43 Å². The highest BCUT2D eigenvalue weighted by Gasteiger charge is 2.40. The van der Waals surface area contributed by atoms with Crippen LogP contribution in [0.4, 0.5) is 0 Å². The second-order valence-electron chi connectivity index (χ2n) is 5.94. The monoisotopic (exact) mass is 246 g/mol. The topological polar surface area (TPSA) is 38.0 Å². The van der Waals surface area contributed by atoms with Gasteiger partial charge in [-0.2, -0.15) is 0 Å². The second-order valence-corrected chi connectivity index (χ2v) is 5.94. The molecule has 0 amide bonds. The van der Waals surface area contributed by atoms with Gasteiger partial charge in [-0.15, -0.1) is 0 Å². The quantitative estimate of drug-likeness (QED) is 0.627. The molecule has 2 rings (SSSR count). The summed E-state index contributed by atoms with van der Waals surface area (Å²) in [6, 6.07) is 7.09. The van der Waals surface area contributed by atoms with Gasteiger partial charge in [-0.05, 0) is 44.1 Å². The van der Waals surface area contributed by atoms with Crippen LogP contribution in [-0.4, -0.2) is 0 Å². The van der Waals surface area contributed by atoms with Crippen LogP contribution in [0.25, 0.3) is 0 Å². The van der Waals surface area contributed by atoms with E-state index in [1.54, 1.807) is 0 Å². The summed E-state index contributed by atoms with van der Waals surface area (Å²) >= 11 is 0. The summed E-state index contributed by atoms with van der Waals surface area (Å²) in [7, 11) is 0. The van der Waals surface area contributed by atoms with E-state index in [-0.39, 0.29) is 0 Å². The molecule has 0 aromatic heterocycles. The average molecular weight is 246 g/mol. The van der Waals surface area contributed by atoms with Crippen LogP contribution in [0.1, 0.15) is 61.8 Å². The number of hydrogen-bond donors (Lipinski definition) is 2. The van der Waals surface area contributed by atoms with Crippen LogP contribution in [0.5, 0.6) is 0 Å². The van der Waals surface area contributed by atoms with Gasteiger partial charge in [0.05, 0.1) is 6.04 Å². The first-order chi connectivity index (χ1) is 8.61. The van der Waals surface area contributed by atoms with Crippen molar-refractivity contribution < 1.29 is 0 Å². The van der Waals surface area contributed by atoms with E-state index >= 15 is 0 Å². The van der Waals surface area contributed by atoms with E-state index in [0.717, 1.165) is 0 Å². The van der Waals surface area contributed by atoms with Crippen LogP contribution < -0.4 is 11.3 Å². The third-order valence-corrected chi connectivity index (χ3v) is 4.66. The molecule has 1 atom stereocenters. The van der Waals surface area contributed by atoms with Gasteiger partial charge in [-0.25, -0.2) is 0 Å². The number of hydrogen-bond acceptors (Lipinski definition) is 2. The Balaban J connectivity index is 2.37. The third-order valence-electron chi connectivity index (χ3n) is 4.66. The van der Waals surface area contributed by atoms with E-state index in [2.05, 4.69) is 44.4 Å². The van der Waals surface area contributed by atoms with Gasteiger partial charge in [0.25, 0.3) is 0 Å². The van der Waals surface area contributed by atoms with Crippen molar-refractivity contribution in [2.75, 3.05) is 0 Å². The van der Waals surface area contributed by atoms with Crippen LogP contribution in [0, 0.1) is 19.3 Å². The molecule has 0 saturated heterocycles. The average Bonchev–Trinajstić information content (AvgIpc) is 2.78. The number of benzene rings is 1. The van der Waals surface area contributed by atoms with E-state index in [1.165, 1.54) is 48.8 Å². The molecule has 1 aromatic carbocycles. The number of aryl methyl sites for hydroxylation is 2. The smallest absolute Gasteiger partial charge is 0.0516 e. The predicted octanol–water partition coefficient (Wildman–Crippen LogP) is 3.78.